The van der Waals surface area contributed by atoms with Gasteiger partial charge in [-0.2, -0.15) is 0 Å². The van der Waals surface area contributed by atoms with Crippen LogP contribution < -0.4 is 4.74 Å². The minimum absolute atomic E-state index is 0.636. The lowest BCUT2D eigenvalue weighted by molar-refractivity contribution is 0.362. The van der Waals surface area contributed by atoms with Crippen molar-refractivity contribution in [3.63, 3.8) is 0 Å². The zero-order valence-electron chi connectivity index (χ0n) is 8.80. The maximum absolute atomic E-state index is 5.56. The number of ether oxygens (including phenoxy) is 1. The van der Waals surface area contributed by atoms with Crippen molar-refractivity contribution in [3.05, 3.63) is 39.9 Å². The van der Waals surface area contributed by atoms with E-state index in [1.165, 1.54) is 11.1 Å². The molecule has 0 radical (unpaired) electrons. The largest absolute Gasteiger partial charge is 0.490 e. The van der Waals surface area contributed by atoms with Crippen molar-refractivity contribution >= 4 is 15.9 Å². The van der Waals surface area contributed by atoms with Crippen molar-refractivity contribution in [1.29, 1.82) is 0 Å². The molecule has 0 N–H and O–H groups in total. The predicted octanol–water partition coefficient (Wildman–Crippen LogP) is 4.02. The number of benzene rings is 1. The zero-order chi connectivity index (χ0) is 10.6. The minimum atomic E-state index is 0.636. The molecule has 0 aliphatic heterocycles. The van der Waals surface area contributed by atoms with Gasteiger partial charge in [-0.05, 0) is 44.0 Å². The van der Waals surface area contributed by atoms with E-state index in [0.29, 0.717) is 6.61 Å². The summed E-state index contributed by atoms with van der Waals surface area (Å²) < 4.78 is 6.72. The van der Waals surface area contributed by atoms with Gasteiger partial charge in [0.2, 0.25) is 0 Å². The Morgan fingerprint density at radius 2 is 1.86 bits per heavy atom. The Morgan fingerprint density at radius 1 is 1.29 bits per heavy atom. The first kappa shape index (κ1) is 11.3. The molecule has 0 aromatic heterocycles. The summed E-state index contributed by atoms with van der Waals surface area (Å²) in [5.41, 5.74) is 2.42. The fraction of sp³-hybridized carbons (Fsp3) is 0.333. The third kappa shape index (κ3) is 2.88. The first-order valence-electron chi connectivity index (χ1n) is 4.66. The molecule has 0 saturated heterocycles. The molecule has 0 bridgehead atoms. The van der Waals surface area contributed by atoms with E-state index in [0.717, 1.165) is 10.2 Å². The number of halogens is 1. The lowest BCUT2D eigenvalue weighted by atomic mass is 10.1. The lowest BCUT2D eigenvalue weighted by Gasteiger charge is -2.08. The van der Waals surface area contributed by atoms with Gasteiger partial charge in [0.1, 0.15) is 12.4 Å². The van der Waals surface area contributed by atoms with Crippen molar-refractivity contribution in [3.8, 4) is 5.75 Å². The summed E-state index contributed by atoms with van der Waals surface area (Å²) in [6, 6.07) is 4.08. The standard InChI is InChI=1S/C12H15BrO/c1-4-5-6-14-11-7-9(2)12(13)10(3)8-11/h4-5,7-8H,6H2,1-3H3/b5-4+. The molecule has 0 heterocycles. The number of hydrogen-bond acceptors (Lipinski definition) is 1. The van der Waals surface area contributed by atoms with Gasteiger partial charge in [0.25, 0.3) is 0 Å². The second kappa shape index (κ2) is 5.20. The van der Waals surface area contributed by atoms with Crippen molar-refractivity contribution in [2.45, 2.75) is 20.8 Å². The quantitative estimate of drug-likeness (QED) is 0.741. The highest BCUT2D eigenvalue weighted by atomic mass is 79.9. The average molecular weight is 255 g/mol. The molecule has 0 spiro atoms. The molecule has 0 aliphatic rings. The summed E-state index contributed by atoms with van der Waals surface area (Å²) in [6.07, 6.45) is 3.98. The number of allylic oxidation sites excluding steroid dienone is 1. The molecule has 0 fully saturated rings. The SMILES string of the molecule is C/C=C/COc1cc(C)c(Br)c(C)c1. The van der Waals surface area contributed by atoms with E-state index < -0.39 is 0 Å². The van der Waals surface area contributed by atoms with E-state index in [1.807, 2.05) is 31.2 Å². The van der Waals surface area contributed by atoms with Gasteiger partial charge in [0.15, 0.2) is 0 Å². The molecule has 1 rings (SSSR count). The van der Waals surface area contributed by atoms with Crippen LogP contribution in [0.25, 0.3) is 0 Å². The summed E-state index contributed by atoms with van der Waals surface area (Å²) in [4.78, 5) is 0. The third-order valence-corrected chi connectivity index (χ3v) is 3.24. The third-order valence-electron chi connectivity index (χ3n) is 1.99. The van der Waals surface area contributed by atoms with E-state index in [4.69, 9.17) is 4.74 Å². The smallest absolute Gasteiger partial charge is 0.120 e. The Labute approximate surface area is 93.9 Å². The Hall–Kier alpha value is -0.760. The van der Waals surface area contributed by atoms with Gasteiger partial charge in [-0.25, -0.2) is 0 Å². The Kier molecular flexibility index (Phi) is 4.21. The van der Waals surface area contributed by atoms with E-state index in [1.54, 1.807) is 0 Å². The van der Waals surface area contributed by atoms with Crippen LogP contribution in [0.1, 0.15) is 18.1 Å². The van der Waals surface area contributed by atoms with Gasteiger partial charge in [0, 0.05) is 4.47 Å². The number of aryl methyl sites for hydroxylation is 2. The van der Waals surface area contributed by atoms with E-state index in [9.17, 15) is 0 Å². The van der Waals surface area contributed by atoms with Crippen LogP contribution >= 0.6 is 15.9 Å². The average Bonchev–Trinajstić information content (AvgIpc) is 2.14. The van der Waals surface area contributed by atoms with Gasteiger partial charge in [-0.15, -0.1) is 0 Å². The highest BCUT2D eigenvalue weighted by Gasteiger charge is 2.01. The second-order valence-electron chi connectivity index (χ2n) is 3.25. The fourth-order valence-electron chi connectivity index (χ4n) is 1.23. The summed E-state index contributed by atoms with van der Waals surface area (Å²) in [6.45, 7) is 6.76. The van der Waals surface area contributed by atoms with Crippen LogP contribution in [0.2, 0.25) is 0 Å². The first-order chi connectivity index (χ1) is 6.65. The van der Waals surface area contributed by atoms with Gasteiger partial charge in [-0.3, -0.25) is 0 Å². The lowest BCUT2D eigenvalue weighted by Crippen LogP contribution is -1.94. The molecule has 76 valence electrons. The van der Waals surface area contributed by atoms with Crippen molar-refractivity contribution < 1.29 is 4.74 Å². The van der Waals surface area contributed by atoms with Crippen molar-refractivity contribution in [2.75, 3.05) is 6.61 Å². The molecule has 14 heavy (non-hydrogen) atoms. The first-order valence-corrected chi connectivity index (χ1v) is 5.45. The van der Waals surface area contributed by atoms with Gasteiger partial charge in [-0.1, -0.05) is 28.1 Å². The van der Waals surface area contributed by atoms with Gasteiger partial charge >= 0.3 is 0 Å². The summed E-state index contributed by atoms with van der Waals surface area (Å²) in [7, 11) is 0. The van der Waals surface area contributed by atoms with Crippen LogP contribution in [0.5, 0.6) is 5.75 Å². The van der Waals surface area contributed by atoms with E-state index >= 15 is 0 Å². The maximum Gasteiger partial charge on any atom is 0.120 e. The second-order valence-corrected chi connectivity index (χ2v) is 4.04. The summed E-state index contributed by atoms with van der Waals surface area (Å²) in [5.74, 6) is 0.932. The molecule has 1 nitrogen and oxygen atoms in total. The normalized spacial score (nSPS) is 10.9. The Bertz CT molecular complexity index is 319. The van der Waals surface area contributed by atoms with Crippen LogP contribution in [-0.4, -0.2) is 6.61 Å². The van der Waals surface area contributed by atoms with Gasteiger partial charge < -0.3 is 4.74 Å². The molecule has 0 unspecified atom stereocenters. The highest BCUT2D eigenvalue weighted by molar-refractivity contribution is 9.10. The summed E-state index contributed by atoms with van der Waals surface area (Å²) >= 11 is 3.53. The van der Waals surface area contributed by atoms with Crippen molar-refractivity contribution in [2.24, 2.45) is 0 Å². The molecule has 1 aromatic carbocycles. The molecule has 0 saturated carbocycles. The maximum atomic E-state index is 5.56. The molecular weight excluding hydrogens is 240 g/mol. The van der Waals surface area contributed by atoms with E-state index in [-0.39, 0.29) is 0 Å². The topological polar surface area (TPSA) is 9.23 Å². The molecule has 2 heteroatoms. The van der Waals surface area contributed by atoms with Crippen LogP contribution in [0.3, 0.4) is 0 Å². The van der Waals surface area contributed by atoms with Crippen LogP contribution in [-0.2, 0) is 0 Å². The number of rotatable bonds is 3. The van der Waals surface area contributed by atoms with Crippen LogP contribution in [0.15, 0.2) is 28.8 Å². The number of hydrogen-bond donors (Lipinski definition) is 0. The Balaban J connectivity index is 2.79. The van der Waals surface area contributed by atoms with Crippen LogP contribution in [0.4, 0.5) is 0 Å². The zero-order valence-corrected chi connectivity index (χ0v) is 10.4. The van der Waals surface area contributed by atoms with Crippen molar-refractivity contribution in [1.82, 2.24) is 0 Å². The van der Waals surface area contributed by atoms with Gasteiger partial charge in [0.05, 0.1) is 0 Å². The molecular formula is C12H15BrO. The predicted molar refractivity (Wildman–Crippen MR) is 63.9 cm³/mol. The van der Waals surface area contributed by atoms with E-state index in [2.05, 4.69) is 29.8 Å². The van der Waals surface area contributed by atoms with Crippen LogP contribution in [0, 0.1) is 13.8 Å². The summed E-state index contributed by atoms with van der Waals surface area (Å²) in [5, 5.41) is 0. The Morgan fingerprint density at radius 3 is 2.36 bits per heavy atom. The molecule has 1 aromatic rings. The molecule has 0 atom stereocenters. The monoisotopic (exact) mass is 254 g/mol. The highest BCUT2D eigenvalue weighted by Crippen LogP contribution is 2.26. The molecule has 0 amide bonds. The fourth-order valence-corrected chi connectivity index (χ4v) is 1.46. The minimum Gasteiger partial charge on any atom is -0.490 e. The molecule has 0 aliphatic carbocycles.